The van der Waals surface area contributed by atoms with E-state index in [9.17, 15) is 0 Å². The summed E-state index contributed by atoms with van der Waals surface area (Å²) in [5.41, 5.74) is 4.23. The van der Waals surface area contributed by atoms with E-state index in [1.165, 1.54) is 0 Å². The molecular weight excluding hydrogens is 673 g/mol. The number of hydrogen-bond donors (Lipinski definition) is 0. The van der Waals surface area contributed by atoms with Gasteiger partial charge in [0, 0.05) is 37.3 Å². The number of nitrogens with zero attached hydrogens (tertiary/aromatic N) is 4. The summed E-state index contributed by atoms with van der Waals surface area (Å²) >= 11 is 0. The fraction of sp³-hybridized carbons (Fsp3) is 0.522. The van der Waals surface area contributed by atoms with Crippen LogP contribution in [0.4, 0.5) is 0 Å². The molecule has 3 aromatic carbocycles. The van der Waals surface area contributed by atoms with Crippen LogP contribution in [-0.4, -0.2) is 125 Å². The molecule has 0 aliphatic carbocycles. The van der Waals surface area contributed by atoms with Crippen LogP contribution in [0.1, 0.15) is 77.6 Å². The van der Waals surface area contributed by atoms with Gasteiger partial charge in [0.2, 0.25) is 0 Å². The summed E-state index contributed by atoms with van der Waals surface area (Å²) in [6.45, 7) is 31.5. The normalized spacial score (nSPS) is 11.9. The molecule has 0 saturated heterocycles. The summed E-state index contributed by atoms with van der Waals surface area (Å²) < 4.78 is 25.5. The molecule has 0 aromatic heterocycles. The van der Waals surface area contributed by atoms with E-state index < -0.39 is 0 Å². The van der Waals surface area contributed by atoms with Crippen LogP contribution in [0.25, 0.3) is 24.3 Å². The lowest BCUT2D eigenvalue weighted by atomic mass is 10.1. The van der Waals surface area contributed by atoms with Gasteiger partial charge in [-0.3, -0.25) is 0 Å². The van der Waals surface area contributed by atoms with Crippen LogP contribution in [0.5, 0.6) is 23.0 Å². The maximum Gasteiger partial charge on any atom is 0.168 e. The largest absolute Gasteiger partial charge is 0.488 e. The zero-order chi connectivity index (χ0) is 39.0. The minimum absolute atomic E-state index is 0.605. The molecule has 0 N–H and O–H groups in total. The van der Waals surface area contributed by atoms with Crippen molar-refractivity contribution >= 4 is 24.3 Å². The quantitative estimate of drug-likeness (QED) is 0.0685. The van der Waals surface area contributed by atoms with Crippen molar-refractivity contribution in [1.82, 2.24) is 19.6 Å². The highest BCUT2D eigenvalue weighted by atomic mass is 16.5. The van der Waals surface area contributed by atoms with Gasteiger partial charge in [-0.15, -0.1) is 0 Å². The SMILES string of the molecule is CCN(CC)CCOc1cccc(/C=C/c2ccc(/C=C/c3cccc(OCCN(CC)CC)c3OCCN(CC)CC)cc2)c1OCCN(CC)CC. The predicted molar refractivity (Wildman–Crippen MR) is 230 cm³/mol. The van der Waals surface area contributed by atoms with Gasteiger partial charge in [0.25, 0.3) is 0 Å². The van der Waals surface area contributed by atoms with Crippen molar-refractivity contribution in [2.24, 2.45) is 0 Å². The Balaban J connectivity index is 1.78. The van der Waals surface area contributed by atoms with Crippen molar-refractivity contribution in [1.29, 1.82) is 0 Å². The van der Waals surface area contributed by atoms with Crippen molar-refractivity contribution in [2.45, 2.75) is 55.4 Å². The average Bonchev–Trinajstić information content (AvgIpc) is 3.21. The van der Waals surface area contributed by atoms with Crippen molar-refractivity contribution < 1.29 is 18.9 Å². The Morgan fingerprint density at radius 2 is 0.667 bits per heavy atom. The fourth-order valence-corrected chi connectivity index (χ4v) is 6.24. The van der Waals surface area contributed by atoms with Crippen LogP contribution in [-0.2, 0) is 0 Å². The third-order valence-corrected chi connectivity index (χ3v) is 10.1. The predicted octanol–water partition coefficient (Wildman–Crippen LogP) is 8.91. The molecule has 0 heterocycles. The van der Waals surface area contributed by atoms with Crippen LogP contribution in [0.2, 0.25) is 0 Å². The molecule has 0 aliphatic rings. The number of likely N-dealkylation sites (N-methyl/N-ethyl adjacent to an activating group) is 4. The molecule has 3 rings (SSSR count). The van der Waals surface area contributed by atoms with E-state index in [2.05, 4.69) is 136 Å². The van der Waals surface area contributed by atoms with Gasteiger partial charge in [0.15, 0.2) is 23.0 Å². The number of hydrogen-bond acceptors (Lipinski definition) is 8. The minimum atomic E-state index is 0.605. The highest BCUT2D eigenvalue weighted by Gasteiger charge is 2.13. The Bertz CT molecular complexity index is 1380. The summed E-state index contributed by atoms with van der Waals surface area (Å²) in [4.78, 5) is 9.48. The van der Waals surface area contributed by atoms with Crippen LogP contribution >= 0.6 is 0 Å². The topological polar surface area (TPSA) is 49.9 Å². The molecule has 0 radical (unpaired) electrons. The van der Waals surface area contributed by atoms with E-state index in [1.54, 1.807) is 0 Å². The monoisotopic (exact) mass is 743 g/mol. The average molecular weight is 743 g/mol. The first-order valence-electron chi connectivity index (χ1n) is 20.6. The zero-order valence-electron chi connectivity index (χ0n) is 34.8. The third-order valence-electron chi connectivity index (χ3n) is 10.1. The van der Waals surface area contributed by atoms with Gasteiger partial charge in [-0.2, -0.15) is 0 Å². The van der Waals surface area contributed by atoms with Crippen LogP contribution < -0.4 is 18.9 Å². The highest BCUT2D eigenvalue weighted by Crippen LogP contribution is 2.34. The Kier molecular flexibility index (Phi) is 21.5. The molecular formula is C46H70N4O4. The second-order valence-corrected chi connectivity index (χ2v) is 13.2. The first-order valence-corrected chi connectivity index (χ1v) is 20.6. The van der Waals surface area contributed by atoms with Gasteiger partial charge >= 0.3 is 0 Å². The van der Waals surface area contributed by atoms with Crippen LogP contribution in [0, 0.1) is 0 Å². The first kappa shape index (κ1) is 44.6. The van der Waals surface area contributed by atoms with Gasteiger partial charge in [-0.25, -0.2) is 0 Å². The number of para-hydroxylation sites is 2. The highest BCUT2D eigenvalue weighted by molar-refractivity contribution is 5.77. The van der Waals surface area contributed by atoms with Crippen molar-refractivity contribution in [3.05, 3.63) is 82.9 Å². The Morgan fingerprint density at radius 3 is 0.963 bits per heavy atom. The lowest BCUT2D eigenvalue weighted by Gasteiger charge is -2.21. The van der Waals surface area contributed by atoms with Crippen molar-refractivity contribution in [2.75, 3.05) is 105 Å². The Labute approximate surface area is 328 Å². The van der Waals surface area contributed by atoms with E-state index >= 15 is 0 Å². The molecule has 3 aromatic rings. The summed E-state index contributed by atoms with van der Waals surface area (Å²) in [6, 6.07) is 20.9. The molecule has 0 fully saturated rings. The molecule has 54 heavy (non-hydrogen) atoms. The summed E-state index contributed by atoms with van der Waals surface area (Å²) in [6.07, 6.45) is 8.53. The maximum atomic E-state index is 6.44. The molecule has 0 aliphatic heterocycles. The van der Waals surface area contributed by atoms with Gasteiger partial charge in [0.1, 0.15) is 26.4 Å². The molecule has 0 atom stereocenters. The number of ether oxygens (including phenoxy) is 4. The molecule has 298 valence electrons. The molecule has 0 amide bonds. The third kappa shape index (κ3) is 15.1. The van der Waals surface area contributed by atoms with Crippen LogP contribution in [0.15, 0.2) is 60.7 Å². The standard InChI is InChI=1S/C46H70N4O4/c1-9-47(10-2)31-35-51-43-21-17-19-41(45(43)53-37-33-49(13-5)14-6)29-27-39-23-25-40(26-24-39)28-30-42-20-18-22-44(52-36-32-48(11-3)12-4)46(42)54-38-34-50(15-7)16-8/h17-30H,9-16,31-38H2,1-8H3/b29-27+,30-28+. The molecule has 8 heteroatoms. The van der Waals surface area contributed by atoms with Crippen molar-refractivity contribution in [3.8, 4) is 23.0 Å². The van der Waals surface area contributed by atoms with Gasteiger partial charge < -0.3 is 38.5 Å². The fourth-order valence-electron chi connectivity index (χ4n) is 6.24. The van der Waals surface area contributed by atoms with E-state index in [0.717, 1.165) is 124 Å². The lowest BCUT2D eigenvalue weighted by Crippen LogP contribution is -2.28. The second kappa shape index (κ2) is 26.1. The van der Waals surface area contributed by atoms with Crippen molar-refractivity contribution in [3.63, 3.8) is 0 Å². The second-order valence-electron chi connectivity index (χ2n) is 13.2. The maximum absolute atomic E-state index is 6.44. The summed E-state index contributed by atoms with van der Waals surface area (Å²) in [5.74, 6) is 3.18. The zero-order valence-corrected chi connectivity index (χ0v) is 34.8. The Hall–Kier alpha value is -3.82. The van der Waals surface area contributed by atoms with E-state index in [-0.39, 0.29) is 0 Å². The molecule has 8 nitrogen and oxygen atoms in total. The number of benzene rings is 3. The van der Waals surface area contributed by atoms with Crippen LogP contribution in [0.3, 0.4) is 0 Å². The smallest absolute Gasteiger partial charge is 0.168 e. The summed E-state index contributed by atoms with van der Waals surface area (Å²) in [7, 11) is 0. The molecule has 0 spiro atoms. The van der Waals surface area contributed by atoms with E-state index in [1.807, 2.05) is 24.3 Å². The number of rotatable bonds is 28. The van der Waals surface area contributed by atoms with Gasteiger partial charge in [-0.1, -0.05) is 128 Å². The van der Waals surface area contributed by atoms with Gasteiger partial charge in [-0.05, 0) is 75.6 Å². The molecule has 0 saturated carbocycles. The molecule has 0 unspecified atom stereocenters. The Morgan fingerprint density at radius 1 is 0.370 bits per heavy atom. The minimum Gasteiger partial charge on any atom is -0.488 e. The lowest BCUT2D eigenvalue weighted by molar-refractivity contribution is 0.198. The van der Waals surface area contributed by atoms with Gasteiger partial charge in [0.05, 0.1) is 0 Å². The summed E-state index contributed by atoms with van der Waals surface area (Å²) in [5, 5.41) is 0. The first-order chi connectivity index (χ1) is 26.4. The van der Waals surface area contributed by atoms with E-state index in [4.69, 9.17) is 18.9 Å². The van der Waals surface area contributed by atoms with E-state index in [0.29, 0.717) is 26.4 Å². The molecule has 0 bridgehead atoms.